The molecule has 0 unspecified atom stereocenters. The number of amides is 1. The maximum Gasteiger partial charge on any atom is 0.272 e. The molecule has 2 aromatic rings. The lowest BCUT2D eigenvalue weighted by Gasteiger charge is -2.36. The molecule has 1 N–H and O–H groups in total. The van der Waals surface area contributed by atoms with Crippen molar-refractivity contribution < 1.29 is 4.79 Å². The first-order chi connectivity index (χ1) is 13.6. The summed E-state index contributed by atoms with van der Waals surface area (Å²) in [5, 5.41) is 0. The third-order valence-electron chi connectivity index (χ3n) is 5.03. The van der Waals surface area contributed by atoms with E-state index in [-0.39, 0.29) is 5.91 Å². The highest BCUT2D eigenvalue weighted by Gasteiger charge is 2.23. The number of rotatable bonds is 7. The van der Waals surface area contributed by atoms with E-state index in [4.69, 9.17) is 0 Å². The molecule has 2 heterocycles. The minimum absolute atomic E-state index is 0.0189. The van der Waals surface area contributed by atoms with Gasteiger partial charge in [0.2, 0.25) is 0 Å². The van der Waals surface area contributed by atoms with Crippen LogP contribution in [-0.4, -0.2) is 47.7 Å². The molecule has 1 saturated heterocycles. The van der Waals surface area contributed by atoms with Crippen LogP contribution in [0.5, 0.6) is 0 Å². The van der Waals surface area contributed by atoms with Gasteiger partial charge >= 0.3 is 0 Å². The second kappa shape index (κ2) is 9.82. The molecule has 0 spiro atoms. The van der Waals surface area contributed by atoms with Crippen LogP contribution in [0.2, 0.25) is 0 Å². The number of carbonyl (C=O) groups excluding carboxylic acids is 1. The molecule has 1 amide bonds. The zero-order valence-electron chi connectivity index (χ0n) is 17.1. The predicted octanol–water partition coefficient (Wildman–Crippen LogP) is 4.52. The zero-order chi connectivity index (χ0) is 19.9. The lowest BCUT2D eigenvalue weighted by Crippen LogP contribution is -2.49. The first kappa shape index (κ1) is 20.5. The van der Waals surface area contributed by atoms with Gasteiger partial charge in [-0.1, -0.05) is 43.0 Å². The van der Waals surface area contributed by atoms with Gasteiger partial charge in [-0.3, -0.25) is 4.79 Å². The second-order valence-electron chi connectivity index (χ2n) is 7.31. The average molecular weight is 399 g/mol. The van der Waals surface area contributed by atoms with Crippen molar-refractivity contribution in [2.75, 3.05) is 41.6 Å². The van der Waals surface area contributed by atoms with E-state index >= 15 is 0 Å². The molecule has 1 fully saturated rings. The van der Waals surface area contributed by atoms with Gasteiger partial charge in [-0.2, -0.15) is 0 Å². The number of carbonyl (C=O) groups is 1. The molecule has 0 saturated carbocycles. The molecule has 0 atom stereocenters. The van der Waals surface area contributed by atoms with E-state index < -0.39 is 0 Å². The summed E-state index contributed by atoms with van der Waals surface area (Å²) in [6.45, 7) is 9.60. The van der Waals surface area contributed by atoms with Crippen molar-refractivity contribution in [1.29, 1.82) is 0 Å². The number of aryl methyl sites for hydroxylation is 2. The molecule has 1 aliphatic rings. The monoisotopic (exact) mass is 398 g/mol. The largest absolute Gasteiger partial charge is 0.368 e. The summed E-state index contributed by atoms with van der Waals surface area (Å²) in [5.74, 6) is 1.09. The third kappa shape index (κ3) is 5.19. The van der Waals surface area contributed by atoms with Crippen LogP contribution in [0.25, 0.3) is 0 Å². The van der Waals surface area contributed by atoms with E-state index in [9.17, 15) is 4.79 Å². The number of benzene rings is 1. The molecule has 5 nitrogen and oxygen atoms in total. The van der Waals surface area contributed by atoms with E-state index in [2.05, 4.69) is 53.6 Å². The molecule has 1 aromatic carbocycles. The van der Waals surface area contributed by atoms with Crippen LogP contribution in [0.15, 0.2) is 36.5 Å². The molecule has 3 rings (SSSR count). The quantitative estimate of drug-likeness (QED) is 0.549. The van der Waals surface area contributed by atoms with E-state index in [1.165, 1.54) is 29.7 Å². The fraction of sp³-hybridized carbons (Fsp3) is 0.455. The van der Waals surface area contributed by atoms with Crippen LogP contribution in [0.1, 0.15) is 41.4 Å². The first-order valence-corrected chi connectivity index (χ1v) is 11.0. The SMILES string of the molecule is CCCCSNc1ccc(C(=O)N2CCN(c3ccc(C)cc3C)CC2)nc1. The Kier molecular flexibility index (Phi) is 7.20. The van der Waals surface area contributed by atoms with Crippen LogP contribution in [0.4, 0.5) is 11.4 Å². The number of hydrogen-bond acceptors (Lipinski definition) is 5. The summed E-state index contributed by atoms with van der Waals surface area (Å²) in [4.78, 5) is 21.4. The van der Waals surface area contributed by atoms with E-state index in [0.29, 0.717) is 5.69 Å². The number of pyridine rings is 1. The highest BCUT2D eigenvalue weighted by atomic mass is 32.2. The standard InChI is InChI=1S/C22H30N4OS/c1-4-5-14-28-24-19-7-8-20(23-16-19)22(27)26-12-10-25(11-13-26)21-9-6-17(2)15-18(21)3/h6-9,15-16,24H,4-5,10-14H2,1-3H3. The second-order valence-corrected chi connectivity index (χ2v) is 8.21. The van der Waals surface area contributed by atoms with Crippen LogP contribution in [-0.2, 0) is 0 Å². The van der Waals surface area contributed by atoms with Crippen molar-refractivity contribution in [2.24, 2.45) is 0 Å². The Balaban J connectivity index is 1.53. The lowest BCUT2D eigenvalue weighted by atomic mass is 10.1. The van der Waals surface area contributed by atoms with E-state index in [1.807, 2.05) is 17.0 Å². The Labute approximate surface area is 172 Å². The average Bonchev–Trinajstić information content (AvgIpc) is 2.71. The number of unbranched alkanes of at least 4 members (excludes halogenated alkanes) is 1. The zero-order valence-corrected chi connectivity index (χ0v) is 17.9. The van der Waals surface area contributed by atoms with Crippen molar-refractivity contribution in [3.63, 3.8) is 0 Å². The van der Waals surface area contributed by atoms with Gasteiger partial charge in [-0.15, -0.1) is 0 Å². The van der Waals surface area contributed by atoms with Crippen molar-refractivity contribution in [1.82, 2.24) is 9.88 Å². The highest BCUT2D eigenvalue weighted by Crippen LogP contribution is 2.23. The molecule has 0 bridgehead atoms. The van der Waals surface area contributed by atoms with Crippen LogP contribution >= 0.6 is 11.9 Å². The van der Waals surface area contributed by atoms with Gasteiger partial charge in [0.25, 0.3) is 5.91 Å². The summed E-state index contributed by atoms with van der Waals surface area (Å²) in [6.07, 6.45) is 4.13. The molecular formula is C22H30N4OS. The van der Waals surface area contributed by atoms with Gasteiger partial charge in [-0.05, 0) is 44.0 Å². The predicted molar refractivity (Wildman–Crippen MR) is 119 cm³/mol. The van der Waals surface area contributed by atoms with Crippen LogP contribution in [0, 0.1) is 13.8 Å². The van der Waals surface area contributed by atoms with Gasteiger partial charge in [0.05, 0.1) is 11.9 Å². The fourth-order valence-electron chi connectivity index (χ4n) is 3.40. The molecule has 1 aliphatic heterocycles. The number of nitrogens with one attached hydrogen (secondary N) is 1. The molecule has 6 heteroatoms. The lowest BCUT2D eigenvalue weighted by molar-refractivity contribution is 0.0741. The minimum Gasteiger partial charge on any atom is -0.368 e. The van der Waals surface area contributed by atoms with Gasteiger partial charge in [0.15, 0.2) is 0 Å². The maximum atomic E-state index is 12.8. The normalized spacial score (nSPS) is 14.2. The van der Waals surface area contributed by atoms with Gasteiger partial charge in [0, 0.05) is 37.6 Å². The highest BCUT2D eigenvalue weighted by molar-refractivity contribution is 8.00. The molecular weight excluding hydrogens is 368 g/mol. The molecule has 150 valence electrons. The summed E-state index contributed by atoms with van der Waals surface area (Å²) in [5.41, 5.74) is 5.30. The summed E-state index contributed by atoms with van der Waals surface area (Å²) < 4.78 is 3.28. The van der Waals surface area contributed by atoms with Crippen molar-refractivity contribution in [2.45, 2.75) is 33.6 Å². The summed E-state index contributed by atoms with van der Waals surface area (Å²) in [6, 6.07) is 10.3. The Morgan fingerprint density at radius 2 is 1.93 bits per heavy atom. The van der Waals surface area contributed by atoms with E-state index in [0.717, 1.165) is 37.6 Å². The maximum absolute atomic E-state index is 12.8. The number of aromatic nitrogens is 1. The number of hydrogen-bond donors (Lipinski definition) is 1. The van der Waals surface area contributed by atoms with Gasteiger partial charge in [0.1, 0.15) is 5.69 Å². The summed E-state index contributed by atoms with van der Waals surface area (Å²) >= 11 is 1.68. The molecule has 28 heavy (non-hydrogen) atoms. The molecule has 0 aliphatic carbocycles. The van der Waals surface area contributed by atoms with Gasteiger partial charge in [-0.25, -0.2) is 4.98 Å². The van der Waals surface area contributed by atoms with Crippen molar-refractivity contribution >= 4 is 29.2 Å². The Morgan fingerprint density at radius 1 is 1.14 bits per heavy atom. The number of piperazine rings is 1. The summed E-state index contributed by atoms with van der Waals surface area (Å²) in [7, 11) is 0. The minimum atomic E-state index is 0.0189. The number of anilines is 2. The molecule has 1 aromatic heterocycles. The van der Waals surface area contributed by atoms with E-state index in [1.54, 1.807) is 18.1 Å². The number of nitrogens with zero attached hydrogens (tertiary/aromatic N) is 3. The molecule has 0 radical (unpaired) electrons. The third-order valence-corrected chi connectivity index (χ3v) is 5.91. The fourth-order valence-corrected chi connectivity index (χ4v) is 4.23. The van der Waals surface area contributed by atoms with Crippen molar-refractivity contribution in [3.05, 3.63) is 53.3 Å². The Bertz CT molecular complexity index is 786. The van der Waals surface area contributed by atoms with Crippen molar-refractivity contribution in [3.8, 4) is 0 Å². The van der Waals surface area contributed by atoms with Crippen LogP contribution < -0.4 is 9.62 Å². The topological polar surface area (TPSA) is 48.5 Å². The first-order valence-electron chi connectivity index (χ1n) is 10.0. The Hall–Kier alpha value is -2.21. The smallest absolute Gasteiger partial charge is 0.272 e. The Morgan fingerprint density at radius 3 is 2.57 bits per heavy atom. The van der Waals surface area contributed by atoms with Gasteiger partial charge < -0.3 is 14.5 Å². The van der Waals surface area contributed by atoms with Crippen LogP contribution in [0.3, 0.4) is 0 Å².